The third-order valence-electron chi connectivity index (χ3n) is 3.99. The van der Waals surface area contributed by atoms with Gasteiger partial charge in [-0.1, -0.05) is 12.1 Å². The molecule has 20 heavy (non-hydrogen) atoms. The maximum absolute atomic E-state index is 12.5. The largest absolute Gasteiger partial charge is 0.485 e. The summed E-state index contributed by atoms with van der Waals surface area (Å²) in [5, 5.41) is 3.31. The number of carbonyl (C=O) groups excluding carboxylic acids is 1. The van der Waals surface area contributed by atoms with Gasteiger partial charge < -0.3 is 19.7 Å². The molecule has 0 radical (unpaired) electrons. The third-order valence-corrected chi connectivity index (χ3v) is 3.99. The van der Waals surface area contributed by atoms with Gasteiger partial charge in [-0.15, -0.1) is 0 Å². The van der Waals surface area contributed by atoms with Crippen molar-refractivity contribution >= 4 is 5.91 Å². The predicted molar refractivity (Wildman–Crippen MR) is 75.0 cm³/mol. The molecule has 1 atom stereocenters. The molecule has 0 aliphatic carbocycles. The highest BCUT2D eigenvalue weighted by atomic mass is 16.6. The minimum Gasteiger partial charge on any atom is -0.485 e. The highest BCUT2D eigenvalue weighted by molar-refractivity contribution is 5.82. The van der Waals surface area contributed by atoms with Crippen LogP contribution in [0.1, 0.15) is 12.8 Å². The predicted octanol–water partition coefficient (Wildman–Crippen LogP) is 1.04. The van der Waals surface area contributed by atoms with E-state index in [0.717, 1.165) is 25.9 Å². The van der Waals surface area contributed by atoms with Gasteiger partial charge in [0.15, 0.2) is 11.5 Å². The van der Waals surface area contributed by atoms with Crippen molar-refractivity contribution in [1.82, 2.24) is 10.2 Å². The summed E-state index contributed by atoms with van der Waals surface area (Å²) in [6.45, 7) is 2.21. The normalized spacial score (nSPS) is 22.4. The number of piperidine rings is 1. The molecule has 2 heterocycles. The van der Waals surface area contributed by atoms with Crippen molar-refractivity contribution < 1.29 is 14.3 Å². The van der Waals surface area contributed by atoms with Crippen molar-refractivity contribution in [2.75, 3.05) is 26.7 Å². The van der Waals surface area contributed by atoms with Crippen molar-refractivity contribution in [3.8, 4) is 11.5 Å². The molecule has 1 aromatic rings. The second kappa shape index (κ2) is 5.71. The average Bonchev–Trinajstić information content (AvgIpc) is 2.54. The second-order valence-corrected chi connectivity index (χ2v) is 5.29. The molecule has 2 aliphatic rings. The minimum absolute atomic E-state index is 0.00593. The molecule has 1 fully saturated rings. The summed E-state index contributed by atoms with van der Waals surface area (Å²) in [5.41, 5.74) is 0. The number of hydrogen-bond donors (Lipinski definition) is 1. The van der Waals surface area contributed by atoms with Gasteiger partial charge in [-0.3, -0.25) is 4.79 Å². The third kappa shape index (κ3) is 2.58. The molecule has 1 saturated heterocycles. The Bertz CT molecular complexity index is 486. The summed E-state index contributed by atoms with van der Waals surface area (Å²) in [5.74, 6) is 1.36. The number of ether oxygens (including phenoxy) is 2. The number of hydrogen-bond acceptors (Lipinski definition) is 4. The Kier molecular flexibility index (Phi) is 3.78. The van der Waals surface area contributed by atoms with Crippen molar-refractivity contribution in [1.29, 1.82) is 0 Å². The summed E-state index contributed by atoms with van der Waals surface area (Å²) in [6.07, 6.45) is 1.45. The van der Waals surface area contributed by atoms with Gasteiger partial charge >= 0.3 is 0 Å². The van der Waals surface area contributed by atoms with Crippen molar-refractivity contribution in [2.24, 2.45) is 0 Å². The van der Waals surface area contributed by atoms with Crippen LogP contribution in [0.5, 0.6) is 11.5 Å². The number of likely N-dealkylation sites (N-methyl/N-ethyl adjacent to an activating group) is 1. The molecule has 5 nitrogen and oxygen atoms in total. The fourth-order valence-corrected chi connectivity index (χ4v) is 2.74. The monoisotopic (exact) mass is 276 g/mol. The lowest BCUT2D eigenvalue weighted by molar-refractivity contribution is -0.142. The lowest BCUT2D eigenvalue weighted by atomic mass is 10.0. The highest BCUT2D eigenvalue weighted by Crippen LogP contribution is 2.31. The molecule has 0 bridgehead atoms. The number of benzene rings is 1. The van der Waals surface area contributed by atoms with Gasteiger partial charge in [0.05, 0.1) is 0 Å². The molecular weight excluding hydrogens is 256 g/mol. The lowest BCUT2D eigenvalue weighted by Crippen LogP contribution is -2.51. The maximum Gasteiger partial charge on any atom is 0.267 e. The first kappa shape index (κ1) is 13.2. The van der Waals surface area contributed by atoms with Crippen LogP contribution in [0.2, 0.25) is 0 Å². The van der Waals surface area contributed by atoms with E-state index >= 15 is 0 Å². The number of carbonyl (C=O) groups is 1. The van der Waals surface area contributed by atoms with Gasteiger partial charge in [0.1, 0.15) is 6.61 Å². The van der Waals surface area contributed by atoms with E-state index in [9.17, 15) is 4.79 Å². The van der Waals surface area contributed by atoms with Gasteiger partial charge in [-0.2, -0.15) is 0 Å². The van der Waals surface area contributed by atoms with Gasteiger partial charge in [0.25, 0.3) is 5.91 Å². The average molecular weight is 276 g/mol. The van der Waals surface area contributed by atoms with E-state index in [1.807, 2.05) is 36.2 Å². The van der Waals surface area contributed by atoms with E-state index in [2.05, 4.69) is 5.32 Å². The smallest absolute Gasteiger partial charge is 0.267 e. The van der Waals surface area contributed by atoms with Gasteiger partial charge in [0, 0.05) is 13.1 Å². The SMILES string of the molecule is CN(C(=O)C1COc2ccccc2O1)C1CCNCC1. The van der Waals surface area contributed by atoms with Crippen LogP contribution < -0.4 is 14.8 Å². The van der Waals surface area contributed by atoms with Crippen molar-refractivity contribution in [2.45, 2.75) is 25.0 Å². The number of amides is 1. The molecule has 3 rings (SSSR count). The summed E-state index contributed by atoms with van der Waals surface area (Å²) in [6, 6.07) is 7.76. The van der Waals surface area contributed by atoms with Crippen LogP contribution in [0, 0.1) is 0 Å². The fraction of sp³-hybridized carbons (Fsp3) is 0.533. The van der Waals surface area contributed by atoms with Gasteiger partial charge in [-0.25, -0.2) is 0 Å². The van der Waals surface area contributed by atoms with Crippen LogP contribution in [-0.2, 0) is 4.79 Å². The van der Waals surface area contributed by atoms with Crippen LogP contribution in [0.25, 0.3) is 0 Å². The Morgan fingerprint density at radius 3 is 2.70 bits per heavy atom. The zero-order valence-corrected chi connectivity index (χ0v) is 11.7. The Labute approximate surface area is 118 Å². The Balaban J connectivity index is 1.66. The molecule has 0 aromatic heterocycles. The van der Waals surface area contributed by atoms with Crippen LogP contribution >= 0.6 is 0 Å². The van der Waals surface area contributed by atoms with E-state index in [4.69, 9.17) is 9.47 Å². The lowest BCUT2D eigenvalue weighted by Gasteiger charge is -2.35. The molecule has 1 unspecified atom stereocenters. The zero-order valence-electron chi connectivity index (χ0n) is 11.7. The van der Waals surface area contributed by atoms with E-state index in [1.54, 1.807) is 0 Å². The summed E-state index contributed by atoms with van der Waals surface area (Å²) >= 11 is 0. The first-order valence-electron chi connectivity index (χ1n) is 7.11. The van der Waals surface area contributed by atoms with Crippen LogP contribution in [0.4, 0.5) is 0 Å². The maximum atomic E-state index is 12.5. The van der Waals surface area contributed by atoms with Crippen molar-refractivity contribution in [3.63, 3.8) is 0 Å². The molecule has 2 aliphatic heterocycles. The molecule has 0 spiro atoms. The number of nitrogens with one attached hydrogen (secondary N) is 1. The summed E-state index contributed by atoms with van der Waals surface area (Å²) < 4.78 is 11.4. The molecule has 1 amide bonds. The first-order valence-corrected chi connectivity index (χ1v) is 7.11. The Hall–Kier alpha value is -1.75. The van der Waals surface area contributed by atoms with Gasteiger partial charge in [-0.05, 0) is 38.1 Å². The second-order valence-electron chi connectivity index (χ2n) is 5.29. The van der Waals surface area contributed by atoms with E-state index in [-0.39, 0.29) is 12.5 Å². The summed E-state index contributed by atoms with van der Waals surface area (Å²) in [7, 11) is 1.86. The van der Waals surface area contributed by atoms with Crippen LogP contribution in [0.3, 0.4) is 0 Å². The zero-order chi connectivity index (χ0) is 13.9. The highest BCUT2D eigenvalue weighted by Gasteiger charge is 2.32. The molecule has 5 heteroatoms. The molecular formula is C15H20N2O3. The minimum atomic E-state index is -0.537. The van der Waals surface area contributed by atoms with E-state index in [1.165, 1.54) is 0 Å². The molecule has 108 valence electrons. The number of para-hydroxylation sites is 2. The van der Waals surface area contributed by atoms with Crippen molar-refractivity contribution in [3.05, 3.63) is 24.3 Å². The van der Waals surface area contributed by atoms with E-state index < -0.39 is 6.10 Å². The molecule has 1 N–H and O–H groups in total. The standard InChI is InChI=1S/C15H20N2O3/c1-17(11-6-8-16-9-7-11)15(18)14-10-19-12-4-2-3-5-13(12)20-14/h2-5,11,14,16H,6-10H2,1H3. The van der Waals surface area contributed by atoms with Crippen LogP contribution in [-0.4, -0.2) is 49.7 Å². The fourth-order valence-electron chi connectivity index (χ4n) is 2.74. The number of fused-ring (bicyclic) bond motifs is 1. The number of nitrogens with zero attached hydrogens (tertiary/aromatic N) is 1. The van der Waals surface area contributed by atoms with Crippen LogP contribution in [0.15, 0.2) is 24.3 Å². The molecule has 1 aromatic carbocycles. The molecule has 0 saturated carbocycles. The number of rotatable bonds is 2. The van der Waals surface area contributed by atoms with Gasteiger partial charge in [0.2, 0.25) is 6.10 Å². The Morgan fingerprint density at radius 1 is 1.25 bits per heavy atom. The Morgan fingerprint density at radius 2 is 1.95 bits per heavy atom. The topological polar surface area (TPSA) is 50.8 Å². The summed E-state index contributed by atoms with van der Waals surface area (Å²) in [4.78, 5) is 14.3. The quantitative estimate of drug-likeness (QED) is 0.877. The first-order chi connectivity index (χ1) is 9.75. The van der Waals surface area contributed by atoms with E-state index in [0.29, 0.717) is 17.5 Å².